The molecule has 0 bridgehead atoms. The van der Waals surface area contributed by atoms with Gasteiger partial charge in [-0.1, -0.05) is 104 Å². The summed E-state index contributed by atoms with van der Waals surface area (Å²) in [7, 11) is -2.08. The van der Waals surface area contributed by atoms with Gasteiger partial charge in [0.05, 0.1) is 18.8 Å². The van der Waals surface area contributed by atoms with Gasteiger partial charge in [0.2, 0.25) is 0 Å². The summed E-state index contributed by atoms with van der Waals surface area (Å²) in [5, 5.41) is 0.0703. The topological polar surface area (TPSA) is 48.0 Å². The predicted octanol–water partition coefficient (Wildman–Crippen LogP) is 10.0. The van der Waals surface area contributed by atoms with E-state index in [1.54, 1.807) is 4.90 Å². The van der Waals surface area contributed by atoms with Crippen LogP contribution in [-0.4, -0.2) is 49.4 Å². The lowest BCUT2D eigenvalue weighted by Gasteiger charge is -2.42. The number of allylic oxidation sites excluding steroid dienone is 1. The van der Waals surface area contributed by atoms with Gasteiger partial charge < -0.3 is 13.9 Å². The van der Waals surface area contributed by atoms with Crippen LogP contribution >= 0.6 is 0 Å². The standard InChI is InChI=1S/C32H63NO4Si/c1-12-13-14-15-16-17-18-19-20-21-22-23-24-25-28(37-38(10,11)31(5,6)7)27-26-35-32(8,9)33(27)29(34)36-30(2,3)4/h24-25,27-28H,12-23,26H2,1-11H3/b25-24+/t27-,28+/m0/s1. The number of hydrogen-bond donors (Lipinski definition) is 0. The third-order valence-corrected chi connectivity index (χ3v) is 12.5. The third-order valence-electron chi connectivity index (χ3n) is 8.03. The van der Waals surface area contributed by atoms with Crippen LogP contribution in [0.2, 0.25) is 18.1 Å². The number of ether oxygens (including phenoxy) is 2. The van der Waals surface area contributed by atoms with Gasteiger partial charge in [0.25, 0.3) is 0 Å². The molecule has 0 aliphatic carbocycles. The van der Waals surface area contributed by atoms with Gasteiger partial charge >= 0.3 is 6.09 Å². The van der Waals surface area contributed by atoms with Crippen LogP contribution in [-0.2, 0) is 13.9 Å². The van der Waals surface area contributed by atoms with E-state index in [1.165, 1.54) is 70.6 Å². The molecule has 5 nitrogen and oxygen atoms in total. The van der Waals surface area contributed by atoms with E-state index in [4.69, 9.17) is 13.9 Å². The van der Waals surface area contributed by atoms with Crippen LogP contribution in [0.4, 0.5) is 4.79 Å². The lowest BCUT2D eigenvalue weighted by atomic mass is 10.0. The molecule has 0 aromatic heterocycles. The number of carbonyl (C=O) groups is 1. The molecular weight excluding hydrogens is 490 g/mol. The summed E-state index contributed by atoms with van der Waals surface area (Å²) in [5.74, 6) is 0. The molecule has 38 heavy (non-hydrogen) atoms. The van der Waals surface area contributed by atoms with Gasteiger partial charge in [-0.05, 0) is 65.6 Å². The maximum absolute atomic E-state index is 13.3. The zero-order valence-corrected chi connectivity index (χ0v) is 28.1. The molecule has 1 amide bonds. The summed E-state index contributed by atoms with van der Waals surface area (Å²) in [6.45, 7) is 23.6. The first-order chi connectivity index (χ1) is 17.5. The minimum atomic E-state index is -2.08. The Kier molecular flexibility index (Phi) is 14.6. The number of amides is 1. The molecule has 1 fully saturated rings. The van der Waals surface area contributed by atoms with Crippen molar-refractivity contribution in [1.29, 1.82) is 0 Å². The van der Waals surface area contributed by atoms with Gasteiger partial charge in [-0.25, -0.2) is 4.79 Å². The Bertz CT molecular complexity index is 705. The highest BCUT2D eigenvalue weighted by Gasteiger charge is 2.50. The van der Waals surface area contributed by atoms with Crippen LogP contribution in [0.15, 0.2) is 12.2 Å². The van der Waals surface area contributed by atoms with E-state index in [9.17, 15) is 4.79 Å². The maximum atomic E-state index is 13.3. The quantitative estimate of drug-likeness (QED) is 0.108. The second-order valence-corrected chi connectivity index (χ2v) is 19.0. The molecule has 2 atom stereocenters. The van der Waals surface area contributed by atoms with E-state index >= 15 is 0 Å². The van der Waals surface area contributed by atoms with Gasteiger partial charge in [-0.15, -0.1) is 0 Å². The van der Waals surface area contributed by atoms with E-state index in [1.807, 2.05) is 34.6 Å². The first kappa shape index (κ1) is 35.2. The van der Waals surface area contributed by atoms with E-state index < -0.39 is 19.6 Å². The van der Waals surface area contributed by atoms with Crippen LogP contribution in [0.1, 0.15) is 139 Å². The van der Waals surface area contributed by atoms with Gasteiger partial charge in [0, 0.05) is 0 Å². The monoisotopic (exact) mass is 553 g/mol. The average Bonchev–Trinajstić information content (AvgIpc) is 3.09. The Labute approximate surface area is 237 Å². The number of carbonyl (C=O) groups excluding carboxylic acids is 1. The zero-order valence-electron chi connectivity index (χ0n) is 27.1. The SMILES string of the molecule is CCCCCCCCCCCCC/C=C/[C@@H](O[Si](C)(C)C(C)(C)C)[C@@H]1COC(C)(C)N1C(=O)OC(C)(C)C. The summed E-state index contributed by atoms with van der Waals surface area (Å²) < 4.78 is 18.8. The highest BCUT2D eigenvalue weighted by molar-refractivity contribution is 6.74. The Morgan fingerprint density at radius 3 is 1.92 bits per heavy atom. The largest absolute Gasteiger partial charge is 0.444 e. The molecule has 1 rings (SSSR count). The average molecular weight is 554 g/mol. The fourth-order valence-corrected chi connectivity index (χ4v) is 5.93. The lowest BCUT2D eigenvalue weighted by Crippen LogP contribution is -2.56. The molecule has 1 aliphatic rings. The second kappa shape index (κ2) is 15.8. The maximum Gasteiger partial charge on any atom is 0.413 e. The fourth-order valence-electron chi connectivity index (χ4n) is 4.66. The molecule has 0 radical (unpaired) electrons. The van der Waals surface area contributed by atoms with Crippen molar-refractivity contribution in [2.75, 3.05) is 6.61 Å². The smallest absolute Gasteiger partial charge is 0.413 e. The summed E-state index contributed by atoms with van der Waals surface area (Å²) in [4.78, 5) is 15.1. The molecule has 0 aromatic carbocycles. The van der Waals surface area contributed by atoms with Crippen molar-refractivity contribution in [2.24, 2.45) is 0 Å². The van der Waals surface area contributed by atoms with Gasteiger partial charge in [0.15, 0.2) is 8.32 Å². The van der Waals surface area contributed by atoms with Crippen molar-refractivity contribution in [3.05, 3.63) is 12.2 Å². The van der Waals surface area contributed by atoms with E-state index in [-0.39, 0.29) is 23.3 Å². The Hall–Kier alpha value is -0.853. The summed E-state index contributed by atoms with van der Waals surface area (Å²) in [6, 6.07) is -0.220. The van der Waals surface area contributed by atoms with Crippen LogP contribution in [0.3, 0.4) is 0 Å². The van der Waals surface area contributed by atoms with Crippen molar-refractivity contribution in [1.82, 2.24) is 4.90 Å². The summed E-state index contributed by atoms with van der Waals surface area (Å²) >= 11 is 0. The second-order valence-electron chi connectivity index (χ2n) is 14.3. The highest BCUT2D eigenvalue weighted by Crippen LogP contribution is 2.40. The summed E-state index contributed by atoms with van der Waals surface area (Å²) in [6.07, 6.45) is 19.8. The molecule has 6 heteroatoms. The number of rotatable bonds is 16. The number of unbranched alkanes of at least 4 members (excludes halogenated alkanes) is 11. The number of hydrogen-bond acceptors (Lipinski definition) is 4. The predicted molar refractivity (Wildman–Crippen MR) is 164 cm³/mol. The molecule has 0 unspecified atom stereocenters. The molecule has 0 N–H and O–H groups in total. The third kappa shape index (κ3) is 12.5. The van der Waals surface area contributed by atoms with Crippen molar-refractivity contribution in [2.45, 2.75) is 181 Å². The van der Waals surface area contributed by atoms with Crippen LogP contribution < -0.4 is 0 Å². The van der Waals surface area contributed by atoms with Crippen molar-refractivity contribution >= 4 is 14.4 Å². The van der Waals surface area contributed by atoms with Gasteiger partial charge in [0.1, 0.15) is 11.3 Å². The fraction of sp³-hybridized carbons (Fsp3) is 0.906. The molecule has 0 aromatic rings. The van der Waals surface area contributed by atoms with Crippen molar-refractivity contribution in [3.63, 3.8) is 0 Å². The van der Waals surface area contributed by atoms with Gasteiger partial charge in [-0.2, -0.15) is 0 Å². The molecule has 1 heterocycles. The molecule has 1 aliphatic heterocycles. The van der Waals surface area contributed by atoms with E-state index in [2.05, 4.69) is 52.9 Å². The minimum absolute atomic E-state index is 0.0703. The van der Waals surface area contributed by atoms with Crippen LogP contribution in [0.5, 0.6) is 0 Å². The lowest BCUT2D eigenvalue weighted by molar-refractivity contribution is -0.0657. The minimum Gasteiger partial charge on any atom is -0.444 e. The number of nitrogens with zero attached hydrogens (tertiary/aromatic N) is 1. The van der Waals surface area contributed by atoms with E-state index in [0.29, 0.717) is 6.61 Å². The molecular formula is C32H63NO4Si. The zero-order chi connectivity index (χ0) is 29.0. The summed E-state index contributed by atoms with van der Waals surface area (Å²) in [5.41, 5.74) is -1.31. The molecule has 224 valence electrons. The molecule has 1 saturated heterocycles. The normalized spacial score (nSPS) is 19.3. The Morgan fingerprint density at radius 2 is 1.45 bits per heavy atom. The van der Waals surface area contributed by atoms with E-state index in [0.717, 1.165) is 6.42 Å². The van der Waals surface area contributed by atoms with Crippen LogP contribution in [0, 0.1) is 0 Å². The molecule has 0 spiro atoms. The van der Waals surface area contributed by atoms with Gasteiger partial charge in [-0.3, -0.25) is 4.90 Å². The van der Waals surface area contributed by atoms with Crippen molar-refractivity contribution in [3.8, 4) is 0 Å². The highest BCUT2D eigenvalue weighted by atomic mass is 28.4. The molecule has 0 saturated carbocycles. The Balaban J connectivity index is 2.75. The Morgan fingerprint density at radius 1 is 0.947 bits per heavy atom. The first-order valence-corrected chi connectivity index (χ1v) is 18.4. The van der Waals surface area contributed by atoms with Crippen LogP contribution in [0.25, 0.3) is 0 Å². The van der Waals surface area contributed by atoms with Crippen molar-refractivity contribution < 1.29 is 18.7 Å². The first-order valence-electron chi connectivity index (χ1n) is 15.5.